The van der Waals surface area contributed by atoms with Gasteiger partial charge >= 0.3 is 0 Å². The highest BCUT2D eigenvalue weighted by Crippen LogP contribution is 2.45. The second kappa shape index (κ2) is 7.43. The predicted octanol–water partition coefficient (Wildman–Crippen LogP) is 4.60. The summed E-state index contributed by atoms with van der Waals surface area (Å²) in [6.07, 6.45) is 4.94. The van der Waals surface area contributed by atoms with Crippen LogP contribution >= 0.6 is 0 Å². The fourth-order valence-corrected chi connectivity index (χ4v) is 5.41. The van der Waals surface area contributed by atoms with Crippen LogP contribution in [0.15, 0.2) is 48.7 Å². The zero-order valence-corrected chi connectivity index (χ0v) is 18.0. The van der Waals surface area contributed by atoms with Crippen molar-refractivity contribution in [1.82, 2.24) is 24.6 Å². The van der Waals surface area contributed by atoms with Crippen LogP contribution in [0.25, 0.3) is 22.3 Å². The number of halogens is 2. The van der Waals surface area contributed by atoms with E-state index < -0.39 is 11.6 Å². The van der Waals surface area contributed by atoms with Crippen LogP contribution in [0.4, 0.5) is 8.78 Å². The van der Waals surface area contributed by atoms with Gasteiger partial charge in [-0.25, -0.2) is 13.8 Å². The Bertz CT molecular complexity index is 1400. The van der Waals surface area contributed by atoms with Crippen LogP contribution in [0.3, 0.4) is 0 Å². The number of benzene rings is 1. The zero-order chi connectivity index (χ0) is 22.7. The molecule has 2 aliphatic rings. The Morgan fingerprint density at radius 1 is 1.06 bits per heavy atom. The lowest BCUT2D eigenvalue weighted by atomic mass is 9.81. The van der Waals surface area contributed by atoms with Crippen molar-refractivity contribution in [3.63, 3.8) is 0 Å². The minimum Gasteiger partial charge on any atom is -0.325 e. The van der Waals surface area contributed by atoms with Gasteiger partial charge in [0, 0.05) is 36.5 Å². The van der Waals surface area contributed by atoms with Crippen molar-refractivity contribution in [2.24, 2.45) is 7.05 Å². The molecule has 3 aromatic heterocycles. The summed E-state index contributed by atoms with van der Waals surface area (Å²) >= 11 is 0. The molecule has 0 unspecified atom stereocenters. The molecule has 2 aliphatic heterocycles. The van der Waals surface area contributed by atoms with Crippen LogP contribution in [-0.2, 0) is 13.5 Å². The summed E-state index contributed by atoms with van der Waals surface area (Å²) in [7, 11) is 1.78. The normalized spacial score (nSPS) is 19.5. The van der Waals surface area contributed by atoms with Crippen LogP contribution in [0.1, 0.15) is 47.1 Å². The summed E-state index contributed by atoms with van der Waals surface area (Å²) in [6, 6.07) is 10.5. The fraction of sp³-hybridized carbons (Fsp3) is 0.280. The number of hydrogen-bond donors (Lipinski definition) is 0. The predicted molar refractivity (Wildman–Crippen MR) is 118 cm³/mol. The third kappa shape index (κ3) is 3.20. The molecule has 33 heavy (non-hydrogen) atoms. The van der Waals surface area contributed by atoms with Gasteiger partial charge in [-0.05, 0) is 62.1 Å². The Morgan fingerprint density at radius 3 is 2.70 bits per heavy atom. The number of piperidine rings is 1. The van der Waals surface area contributed by atoms with Gasteiger partial charge in [-0.15, -0.1) is 0 Å². The number of nitrogens with zero attached hydrogens (tertiary/aromatic N) is 5. The largest absolute Gasteiger partial charge is 0.325 e. The highest BCUT2D eigenvalue weighted by atomic mass is 19.1. The molecule has 0 radical (unpaired) electrons. The Hall–Kier alpha value is -3.68. The number of carbonyl (C=O) groups is 1. The molecule has 8 heteroatoms. The van der Waals surface area contributed by atoms with Crippen molar-refractivity contribution >= 4 is 16.9 Å². The SMILES string of the molecule is Cn1nc2c(c1-c1cc(F)cc(F)c1)C[C@@H]1CCC[C@H]2N1C(=O)c1ccc2ncccc2n1. The van der Waals surface area contributed by atoms with Crippen LogP contribution < -0.4 is 0 Å². The maximum Gasteiger partial charge on any atom is 0.273 e. The molecule has 4 aromatic rings. The van der Waals surface area contributed by atoms with Gasteiger partial charge in [0.15, 0.2) is 0 Å². The number of rotatable bonds is 2. The van der Waals surface area contributed by atoms with Crippen molar-refractivity contribution in [2.75, 3.05) is 0 Å². The minimum atomic E-state index is -0.621. The van der Waals surface area contributed by atoms with Crippen LogP contribution in [0, 0.1) is 11.6 Å². The van der Waals surface area contributed by atoms with Gasteiger partial charge in [0.25, 0.3) is 5.91 Å². The molecular weight excluding hydrogens is 424 g/mol. The number of carbonyl (C=O) groups excluding carboxylic acids is 1. The van der Waals surface area contributed by atoms with E-state index in [4.69, 9.17) is 5.10 Å². The Morgan fingerprint density at radius 2 is 1.88 bits per heavy atom. The average Bonchev–Trinajstić information content (AvgIpc) is 3.13. The summed E-state index contributed by atoms with van der Waals surface area (Å²) in [4.78, 5) is 24.4. The van der Waals surface area contributed by atoms with E-state index in [1.807, 2.05) is 17.0 Å². The molecule has 1 aromatic carbocycles. The molecule has 0 spiro atoms. The Balaban J connectivity index is 1.42. The highest BCUT2D eigenvalue weighted by Gasteiger charge is 2.43. The lowest BCUT2D eigenvalue weighted by molar-refractivity contribution is 0.0386. The van der Waals surface area contributed by atoms with Gasteiger partial charge in [0.2, 0.25) is 0 Å². The molecule has 5 heterocycles. The van der Waals surface area contributed by atoms with Gasteiger partial charge in [-0.2, -0.15) is 5.10 Å². The molecule has 1 fully saturated rings. The molecule has 1 saturated heterocycles. The monoisotopic (exact) mass is 445 g/mol. The molecule has 1 amide bonds. The number of aromatic nitrogens is 4. The van der Waals surface area contributed by atoms with Crippen LogP contribution in [0.5, 0.6) is 0 Å². The molecule has 0 aliphatic carbocycles. The van der Waals surface area contributed by atoms with E-state index in [-0.39, 0.29) is 18.0 Å². The summed E-state index contributed by atoms with van der Waals surface area (Å²) in [5.41, 5.74) is 4.76. The summed E-state index contributed by atoms with van der Waals surface area (Å²) in [6.45, 7) is 0. The second-order valence-electron chi connectivity index (χ2n) is 8.75. The summed E-state index contributed by atoms with van der Waals surface area (Å²) in [5, 5.41) is 4.73. The zero-order valence-electron chi connectivity index (χ0n) is 18.0. The van der Waals surface area contributed by atoms with Crippen LogP contribution in [0.2, 0.25) is 0 Å². The van der Waals surface area contributed by atoms with Gasteiger partial charge in [0.1, 0.15) is 17.3 Å². The molecule has 166 valence electrons. The topological polar surface area (TPSA) is 63.9 Å². The van der Waals surface area contributed by atoms with E-state index in [1.54, 1.807) is 30.1 Å². The quantitative estimate of drug-likeness (QED) is 0.452. The molecule has 0 saturated carbocycles. The molecule has 2 atom stereocenters. The lowest BCUT2D eigenvalue weighted by Crippen LogP contribution is -2.50. The maximum atomic E-state index is 13.9. The number of fused-ring (bicyclic) bond motifs is 5. The van der Waals surface area contributed by atoms with E-state index in [0.717, 1.165) is 42.1 Å². The van der Waals surface area contributed by atoms with E-state index in [1.165, 1.54) is 12.1 Å². The van der Waals surface area contributed by atoms with Gasteiger partial charge in [-0.3, -0.25) is 14.5 Å². The summed E-state index contributed by atoms with van der Waals surface area (Å²) in [5.74, 6) is -1.36. The lowest BCUT2D eigenvalue weighted by Gasteiger charge is -2.45. The number of pyridine rings is 2. The summed E-state index contributed by atoms with van der Waals surface area (Å²) < 4.78 is 29.6. The average molecular weight is 445 g/mol. The first-order valence-corrected chi connectivity index (χ1v) is 11.1. The van der Waals surface area contributed by atoms with Crippen molar-refractivity contribution < 1.29 is 13.6 Å². The van der Waals surface area contributed by atoms with Crippen molar-refractivity contribution in [1.29, 1.82) is 0 Å². The third-order valence-electron chi connectivity index (χ3n) is 6.72. The molecule has 0 N–H and O–H groups in total. The second-order valence-corrected chi connectivity index (χ2v) is 8.75. The first-order valence-electron chi connectivity index (χ1n) is 11.1. The van der Waals surface area contributed by atoms with Crippen molar-refractivity contribution in [3.8, 4) is 11.3 Å². The number of hydrogen-bond acceptors (Lipinski definition) is 4. The van der Waals surface area contributed by atoms with Gasteiger partial charge in [0.05, 0.1) is 28.5 Å². The van der Waals surface area contributed by atoms with E-state index in [0.29, 0.717) is 28.9 Å². The van der Waals surface area contributed by atoms with Gasteiger partial charge in [-0.1, -0.05) is 0 Å². The minimum absolute atomic E-state index is 0.0171. The van der Waals surface area contributed by atoms with Gasteiger partial charge < -0.3 is 4.90 Å². The van der Waals surface area contributed by atoms with E-state index in [9.17, 15) is 13.6 Å². The molecule has 2 bridgehead atoms. The highest BCUT2D eigenvalue weighted by molar-refractivity contribution is 5.95. The first kappa shape index (κ1) is 20.0. The fourth-order valence-electron chi connectivity index (χ4n) is 5.41. The molecule has 6 rings (SSSR count). The van der Waals surface area contributed by atoms with Crippen molar-refractivity contribution in [2.45, 2.75) is 37.8 Å². The number of aryl methyl sites for hydroxylation is 1. The number of amides is 1. The van der Waals surface area contributed by atoms with Crippen molar-refractivity contribution in [3.05, 3.63) is 77.2 Å². The molecular formula is C25H21F2N5O. The van der Waals surface area contributed by atoms with E-state index in [2.05, 4.69) is 9.97 Å². The standard InChI is InChI=1S/C25H21F2N5O/c1-31-24(14-10-15(26)12-16(27)11-14)18-13-17-4-2-6-22(23(18)30-31)32(17)25(33)21-8-7-19-20(29-21)5-3-9-28-19/h3,5,7-12,17,22H,2,4,6,13H2,1H3/t17-,22+/m0/s1. The maximum absolute atomic E-state index is 13.9. The Kier molecular flexibility index (Phi) is 4.50. The van der Waals surface area contributed by atoms with E-state index >= 15 is 0 Å². The Labute approximate surface area is 188 Å². The van der Waals surface area contributed by atoms with Crippen LogP contribution in [-0.4, -0.2) is 36.6 Å². The first-order chi connectivity index (χ1) is 16.0. The smallest absolute Gasteiger partial charge is 0.273 e. The molecule has 6 nitrogen and oxygen atoms in total. The third-order valence-corrected chi connectivity index (χ3v) is 6.72.